The van der Waals surface area contributed by atoms with Crippen LogP contribution in [0.3, 0.4) is 0 Å². The fourth-order valence-electron chi connectivity index (χ4n) is 2.30. The Bertz CT molecular complexity index is 971. The third kappa shape index (κ3) is 5.24. The molecule has 27 heavy (non-hydrogen) atoms. The van der Waals surface area contributed by atoms with Gasteiger partial charge in [0.05, 0.1) is 12.1 Å². The monoisotopic (exact) mass is 381 g/mol. The van der Waals surface area contributed by atoms with Crippen molar-refractivity contribution >= 4 is 29.3 Å². The van der Waals surface area contributed by atoms with Gasteiger partial charge in [-0.15, -0.1) is 0 Å². The average Bonchev–Trinajstić information content (AvgIpc) is 2.64. The Morgan fingerprint density at radius 2 is 2.07 bits per heavy atom. The van der Waals surface area contributed by atoms with E-state index in [2.05, 4.69) is 5.32 Å². The van der Waals surface area contributed by atoms with Gasteiger partial charge in [-0.3, -0.25) is 4.79 Å². The number of aryl methyl sites for hydroxylation is 1. The highest BCUT2D eigenvalue weighted by Crippen LogP contribution is 2.37. The molecule has 0 aliphatic carbocycles. The van der Waals surface area contributed by atoms with Gasteiger partial charge >= 0.3 is 0 Å². The van der Waals surface area contributed by atoms with E-state index in [1.54, 1.807) is 18.2 Å². The van der Waals surface area contributed by atoms with E-state index in [4.69, 9.17) is 26.3 Å². The van der Waals surface area contributed by atoms with Crippen LogP contribution in [0.25, 0.3) is 6.08 Å². The fourth-order valence-corrected chi connectivity index (χ4v) is 2.58. The summed E-state index contributed by atoms with van der Waals surface area (Å²) < 4.78 is 10.5. The molecule has 0 radical (unpaired) electrons. The molecule has 2 aromatic carbocycles. The number of halogens is 1. The molecule has 0 unspecified atom stereocenters. The molecule has 0 saturated carbocycles. The van der Waals surface area contributed by atoms with Crippen LogP contribution in [-0.4, -0.2) is 19.6 Å². The van der Waals surface area contributed by atoms with Crippen LogP contribution in [0.5, 0.6) is 11.5 Å². The molecule has 2 aromatic rings. The summed E-state index contributed by atoms with van der Waals surface area (Å²) in [6.45, 7) is 1.72. The second-order valence-corrected chi connectivity index (χ2v) is 5.88. The van der Waals surface area contributed by atoms with E-state index in [1.165, 1.54) is 19.3 Å². The van der Waals surface area contributed by atoms with Crippen molar-refractivity contribution in [2.24, 2.45) is 0 Å². The zero-order valence-corrected chi connectivity index (χ0v) is 15.5. The third-order valence-electron chi connectivity index (χ3n) is 3.48. The maximum Gasteiger partial charge on any atom is 0.266 e. The van der Waals surface area contributed by atoms with E-state index in [1.807, 2.05) is 31.2 Å². The molecule has 1 N–H and O–H groups in total. The van der Waals surface area contributed by atoms with Gasteiger partial charge in [0.25, 0.3) is 5.91 Å². The van der Waals surface area contributed by atoms with Crippen LogP contribution >= 0.6 is 11.6 Å². The minimum absolute atomic E-state index is 0.0969. The van der Waals surface area contributed by atoms with Gasteiger partial charge in [-0.2, -0.15) is 10.5 Å². The first kappa shape index (κ1) is 19.8. The van der Waals surface area contributed by atoms with Gasteiger partial charge in [-0.1, -0.05) is 23.7 Å². The number of nitrogens with one attached hydrogen (secondary N) is 1. The Kier molecular flexibility index (Phi) is 6.82. The molecule has 136 valence electrons. The number of benzene rings is 2. The first-order chi connectivity index (χ1) is 13.0. The van der Waals surface area contributed by atoms with E-state index in [0.717, 1.165) is 5.56 Å². The topological polar surface area (TPSA) is 95.1 Å². The number of anilines is 1. The van der Waals surface area contributed by atoms with Crippen molar-refractivity contribution in [3.63, 3.8) is 0 Å². The van der Waals surface area contributed by atoms with Crippen LogP contribution in [0.15, 0.2) is 42.0 Å². The molecule has 1 amide bonds. The number of rotatable bonds is 6. The molecule has 2 rings (SSSR count). The summed E-state index contributed by atoms with van der Waals surface area (Å²) in [5.41, 5.74) is 1.97. The number of nitrogens with zero attached hydrogens (tertiary/aromatic N) is 2. The minimum Gasteiger partial charge on any atom is -0.493 e. The van der Waals surface area contributed by atoms with Gasteiger partial charge in [0, 0.05) is 5.69 Å². The van der Waals surface area contributed by atoms with Crippen molar-refractivity contribution in [2.75, 3.05) is 19.0 Å². The zero-order valence-electron chi connectivity index (χ0n) is 14.7. The van der Waals surface area contributed by atoms with Crippen LogP contribution < -0.4 is 14.8 Å². The Hall–Kier alpha value is -3.48. The number of nitriles is 2. The Balaban J connectivity index is 2.31. The van der Waals surface area contributed by atoms with Gasteiger partial charge < -0.3 is 14.8 Å². The van der Waals surface area contributed by atoms with Gasteiger partial charge in [0.15, 0.2) is 18.1 Å². The summed E-state index contributed by atoms with van der Waals surface area (Å²) in [5.74, 6) is -0.0241. The molecule has 6 nitrogen and oxygen atoms in total. The van der Waals surface area contributed by atoms with E-state index in [9.17, 15) is 10.1 Å². The van der Waals surface area contributed by atoms with Crippen molar-refractivity contribution in [2.45, 2.75) is 6.92 Å². The Labute approximate surface area is 162 Å². The highest BCUT2D eigenvalue weighted by molar-refractivity contribution is 6.32. The van der Waals surface area contributed by atoms with Crippen molar-refractivity contribution in [1.29, 1.82) is 10.5 Å². The summed E-state index contributed by atoms with van der Waals surface area (Å²) in [6.07, 6.45) is 1.40. The number of carbonyl (C=O) groups excluding carboxylic acids is 1. The smallest absolute Gasteiger partial charge is 0.266 e. The van der Waals surface area contributed by atoms with Gasteiger partial charge in [0.1, 0.15) is 17.7 Å². The molecule has 0 aliphatic heterocycles. The zero-order chi connectivity index (χ0) is 19.8. The van der Waals surface area contributed by atoms with Gasteiger partial charge in [0.2, 0.25) is 0 Å². The van der Waals surface area contributed by atoms with Crippen LogP contribution in [-0.2, 0) is 4.79 Å². The molecule has 7 heteroatoms. The highest BCUT2D eigenvalue weighted by atomic mass is 35.5. The van der Waals surface area contributed by atoms with Crippen LogP contribution in [0, 0.1) is 29.6 Å². The minimum atomic E-state index is -0.539. The van der Waals surface area contributed by atoms with E-state index >= 15 is 0 Å². The summed E-state index contributed by atoms with van der Waals surface area (Å²) in [5, 5.41) is 20.9. The highest BCUT2D eigenvalue weighted by Gasteiger charge is 2.14. The summed E-state index contributed by atoms with van der Waals surface area (Å²) in [6, 6.07) is 14.1. The maximum absolute atomic E-state index is 12.4. The van der Waals surface area contributed by atoms with Crippen LogP contribution in [0.2, 0.25) is 5.02 Å². The van der Waals surface area contributed by atoms with E-state index < -0.39 is 5.91 Å². The Morgan fingerprint density at radius 1 is 1.30 bits per heavy atom. The van der Waals surface area contributed by atoms with Crippen LogP contribution in [0.4, 0.5) is 5.69 Å². The number of amides is 1. The number of ether oxygens (including phenoxy) is 2. The third-order valence-corrected chi connectivity index (χ3v) is 3.77. The number of methoxy groups -OCH3 is 1. The van der Waals surface area contributed by atoms with Crippen molar-refractivity contribution in [3.8, 4) is 23.6 Å². The Morgan fingerprint density at radius 3 is 2.70 bits per heavy atom. The molecule has 0 saturated heterocycles. The molecule has 0 heterocycles. The molecule has 0 spiro atoms. The van der Waals surface area contributed by atoms with Crippen molar-refractivity contribution in [3.05, 3.63) is 58.1 Å². The predicted molar refractivity (Wildman–Crippen MR) is 103 cm³/mol. The number of carbonyl (C=O) groups is 1. The van der Waals surface area contributed by atoms with E-state index in [0.29, 0.717) is 17.0 Å². The number of hydrogen-bond donors (Lipinski definition) is 1. The number of hydrogen-bond acceptors (Lipinski definition) is 5. The van der Waals surface area contributed by atoms with E-state index in [-0.39, 0.29) is 23.0 Å². The fraction of sp³-hybridized carbons (Fsp3) is 0.150. The first-order valence-electron chi connectivity index (χ1n) is 7.85. The quantitative estimate of drug-likeness (QED) is 0.600. The maximum atomic E-state index is 12.4. The normalized spacial score (nSPS) is 10.5. The lowest BCUT2D eigenvalue weighted by molar-refractivity contribution is -0.112. The standard InChI is InChI=1S/C20H16ClN3O3/c1-13-4-3-5-16(8-13)24-20(25)15(12-23)9-14-10-17(21)19(27-7-6-22)18(11-14)26-2/h3-5,8-11H,7H2,1-2H3,(H,24,25)/b15-9-. The SMILES string of the molecule is COc1cc(/C=C(/C#N)C(=O)Nc2cccc(C)c2)cc(Cl)c1OCC#N. The molecule has 0 bridgehead atoms. The molecule has 0 aromatic heterocycles. The van der Waals surface area contributed by atoms with Gasteiger partial charge in [-0.25, -0.2) is 0 Å². The van der Waals surface area contributed by atoms with Crippen LogP contribution in [0.1, 0.15) is 11.1 Å². The summed E-state index contributed by atoms with van der Waals surface area (Å²) in [7, 11) is 1.42. The first-order valence-corrected chi connectivity index (χ1v) is 8.23. The van der Waals surface area contributed by atoms with Crippen molar-refractivity contribution < 1.29 is 14.3 Å². The van der Waals surface area contributed by atoms with Crippen molar-refractivity contribution in [1.82, 2.24) is 0 Å². The molecule has 0 aliphatic rings. The summed E-state index contributed by atoms with van der Waals surface area (Å²) >= 11 is 6.18. The predicted octanol–water partition coefficient (Wildman–Crippen LogP) is 4.11. The molecule has 0 fully saturated rings. The lowest BCUT2D eigenvalue weighted by atomic mass is 10.1. The average molecular weight is 382 g/mol. The summed E-state index contributed by atoms with van der Waals surface area (Å²) in [4.78, 5) is 12.4. The second-order valence-electron chi connectivity index (χ2n) is 5.47. The lowest BCUT2D eigenvalue weighted by Gasteiger charge is -2.11. The molecular formula is C20H16ClN3O3. The largest absolute Gasteiger partial charge is 0.493 e. The van der Waals surface area contributed by atoms with Gasteiger partial charge in [-0.05, 0) is 48.4 Å². The molecular weight excluding hydrogens is 366 g/mol. The second kappa shape index (κ2) is 9.28. The molecule has 0 atom stereocenters. The lowest BCUT2D eigenvalue weighted by Crippen LogP contribution is -2.13.